The van der Waals surface area contributed by atoms with Crippen molar-refractivity contribution in [3.63, 3.8) is 0 Å². The summed E-state index contributed by atoms with van der Waals surface area (Å²) in [7, 11) is 2.87. The summed E-state index contributed by atoms with van der Waals surface area (Å²) in [6.07, 6.45) is 4.80. The fourth-order valence-electron chi connectivity index (χ4n) is 2.66. The SMILES string of the molecule is COC(=O)c1cn(Cc2ccc(OC)cc2)c(=O)c(/C=C/c2ccccc2)n1. The first-order valence-corrected chi connectivity index (χ1v) is 8.66. The van der Waals surface area contributed by atoms with Crippen LogP contribution in [0.15, 0.2) is 65.6 Å². The fraction of sp³-hybridized carbons (Fsp3) is 0.136. The number of methoxy groups -OCH3 is 2. The molecular formula is C22H20N2O4. The number of ether oxygens (including phenoxy) is 2. The second kappa shape index (κ2) is 8.81. The molecule has 3 aromatic rings. The first-order valence-electron chi connectivity index (χ1n) is 8.66. The molecule has 0 fully saturated rings. The van der Waals surface area contributed by atoms with Crippen LogP contribution in [-0.2, 0) is 11.3 Å². The van der Waals surface area contributed by atoms with Gasteiger partial charge in [0.25, 0.3) is 5.56 Å². The maximum Gasteiger partial charge on any atom is 0.358 e. The Bertz CT molecular complexity index is 1040. The molecule has 0 N–H and O–H groups in total. The number of nitrogens with zero attached hydrogens (tertiary/aromatic N) is 2. The van der Waals surface area contributed by atoms with E-state index in [-0.39, 0.29) is 16.9 Å². The Morgan fingerprint density at radius 3 is 2.39 bits per heavy atom. The molecular weight excluding hydrogens is 356 g/mol. The highest BCUT2D eigenvalue weighted by atomic mass is 16.5. The van der Waals surface area contributed by atoms with Crippen molar-refractivity contribution < 1.29 is 14.3 Å². The van der Waals surface area contributed by atoms with Gasteiger partial charge >= 0.3 is 5.97 Å². The molecule has 0 bridgehead atoms. The van der Waals surface area contributed by atoms with Crippen LogP contribution in [0.1, 0.15) is 27.3 Å². The van der Waals surface area contributed by atoms with Gasteiger partial charge < -0.3 is 14.0 Å². The van der Waals surface area contributed by atoms with Gasteiger partial charge in [0, 0.05) is 6.20 Å². The summed E-state index contributed by atoms with van der Waals surface area (Å²) in [5.74, 6) is 0.130. The summed E-state index contributed by atoms with van der Waals surface area (Å²) in [6.45, 7) is 0.293. The molecule has 6 heteroatoms. The van der Waals surface area contributed by atoms with Crippen molar-refractivity contribution in [2.24, 2.45) is 0 Å². The normalized spacial score (nSPS) is 10.8. The van der Waals surface area contributed by atoms with Gasteiger partial charge in [-0.15, -0.1) is 0 Å². The third-order valence-electron chi connectivity index (χ3n) is 4.14. The summed E-state index contributed by atoms with van der Waals surface area (Å²) >= 11 is 0. The van der Waals surface area contributed by atoms with Gasteiger partial charge in [-0.05, 0) is 29.3 Å². The lowest BCUT2D eigenvalue weighted by atomic mass is 10.2. The van der Waals surface area contributed by atoms with Gasteiger partial charge in [-0.1, -0.05) is 48.5 Å². The second-order valence-corrected chi connectivity index (χ2v) is 6.03. The van der Waals surface area contributed by atoms with Gasteiger partial charge in [0.15, 0.2) is 5.69 Å². The van der Waals surface area contributed by atoms with Crippen LogP contribution in [0.3, 0.4) is 0 Å². The molecule has 0 spiro atoms. The highest BCUT2D eigenvalue weighted by Crippen LogP contribution is 2.12. The number of hydrogen-bond acceptors (Lipinski definition) is 5. The zero-order valence-electron chi connectivity index (χ0n) is 15.7. The standard InChI is InChI=1S/C22H20N2O4/c1-27-18-11-8-17(9-12-18)14-24-15-20(22(26)28-2)23-19(21(24)25)13-10-16-6-4-3-5-7-16/h3-13,15H,14H2,1-2H3/b13-10+. The van der Waals surface area contributed by atoms with E-state index in [0.717, 1.165) is 16.9 Å². The zero-order valence-corrected chi connectivity index (χ0v) is 15.7. The van der Waals surface area contributed by atoms with Crippen LogP contribution in [0.5, 0.6) is 5.75 Å². The molecule has 0 radical (unpaired) electrons. The minimum absolute atomic E-state index is 0.0725. The topological polar surface area (TPSA) is 70.4 Å². The van der Waals surface area contributed by atoms with Gasteiger partial charge in [-0.25, -0.2) is 9.78 Å². The first-order chi connectivity index (χ1) is 13.6. The third kappa shape index (κ3) is 4.54. The van der Waals surface area contributed by atoms with Gasteiger partial charge in [-0.3, -0.25) is 4.79 Å². The lowest BCUT2D eigenvalue weighted by Gasteiger charge is -2.10. The number of carbonyl (C=O) groups is 1. The van der Waals surface area contributed by atoms with Crippen molar-refractivity contribution >= 4 is 18.1 Å². The largest absolute Gasteiger partial charge is 0.497 e. The van der Waals surface area contributed by atoms with Gasteiger partial charge in [0.2, 0.25) is 0 Å². The summed E-state index contributed by atoms with van der Waals surface area (Å²) in [6, 6.07) is 16.9. The van der Waals surface area contributed by atoms with Crippen molar-refractivity contribution in [1.29, 1.82) is 0 Å². The van der Waals surface area contributed by atoms with Crippen LogP contribution >= 0.6 is 0 Å². The first kappa shape index (κ1) is 19.1. The summed E-state index contributed by atoms with van der Waals surface area (Å²) in [5.41, 5.74) is 1.76. The van der Waals surface area contributed by atoms with E-state index < -0.39 is 5.97 Å². The number of hydrogen-bond donors (Lipinski definition) is 0. The summed E-state index contributed by atoms with van der Waals surface area (Å²) in [5, 5.41) is 0. The molecule has 3 rings (SSSR count). The fourth-order valence-corrected chi connectivity index (χ4v) is 2.66. The van der Waals surface area contributed by atoms with Gasteiger partial charge in [0.05, 0.1) is 20.8 Å². The van der Waals surface area contributed by atoms with E-state index in [9.17, 15) is 9.59 Å². The maximum atomic E-state index is 12.9. The molecule has 0 atom stereocenters. The average molecular weight is 376 g/mol. The molecule has 0 aliphatic carbocycles. The van der Waals surface area contributed by atoms with Crippen LogP contribution in [0.4, 0.5) is 0 Å². The van der Waals surface area contributed by atoms with Crippen molar-refractivity contribution in [2.45, 2.75) is 6.54 Å². The van der Waals surface area contributed by atoms with Crippen molar-refractivity contribution in [3.05, 3.63) is 93.7 Å². The monoisotopic (exact) mass is 376 g/mol. The minimum Gasteiger partial charge on any atom is -0.497 e. The Morgan fingerprint density at radius 1 is 1.04 bits per heavy atom. The van der Waals surface area contributed by atoms with Crippen molar-refractivity contribution in [1.82, 2.24) is 9.55 Å². The van der Waals surface area contributed by atoms with E-state index in [4.69, 9.17) is 9.47 Å². The number of benzene rings is 2. The summed E-state index contributed by atoms with van der Waals surface area (Å²) in [4.78, 5) is 29.0. The third-order valence-corrected chi connectivity index (χ3v) is 4.14. The van der Waals surface area contributed by atoms with E-state index in [1.807, 2.05) is 54.6 Å². The molecule has 0 aliphatic heterocycles. The molecule has 6 nitrogen and oxygen atoms in total. The van der Waals surface area contributed by atoms with Crippen molar-refractivity contribution in [2.75, 3.05) is 14.2 Å². The Hall–Kier alpha value is -3.67. The van der Waals surface area contributed by atoms with Crippen LogP contribution in [0, 0.1) is 0 Å². The predicted molar refractivity (Wildman–Crippen MR) is 107 cm³/mol. The van der Waals surface area contributed by atoms with Crippen LogP contribution in [-0.4, -0.2) is 29.7 Å². The molecule has 2 aromatic carbocycles. The van der Waals surface area contributed by atoms with E-state index in [2.05, 4.69) is 4.98 Å². The second-order valence-electron chi connectivity index (χ2n) is 6.03. The minimum atomic E-state index is -0.599. The molecule has 1 heterocycles. The Balaban J connectivity index is 1.99. The highest BCUT2D eigenvalue weighted by Gasteiger charge is 2.13. The summed E-state index contributed by atoms with van der Waals surface area (Å²) < 4.78 is 11.4. The average Bonchev–Trinajstić information content (AvgIpc) is 2.75. The zero-order chi connectivity index (χ0) is 19.9. The van der Waals surface area contributed by atoms with Gasteiger partial charge in [-0.2, -0.15) is 0 Å². The van der Waals surface area contributed by atoms with E-state index >= 15 is 0 Å². The molecule has 0 saturated carbocycles. The molecule has 0 aliphatic rings. The van der Waals surface area contributed by atoms with Crippen LogP contribution in [0.25, 0.3) is 12.2 Å². The Morgan fingerprint density at radius 2 is 1.75 bits per heavy atom. The van der Waals surface area contributed by atoms with E-state index in [1.165, 1.54) is 17.9 Å². The predicted octanol–water partition coefficient (Wildman–Crippen LogP) is 3.26. The number of carbonyl (C=O) groups excluding carboxylic acids is 1. The molecule has 1 aromatic heterocycles. The smallest absolute Gasteiger partial charge is 0.358 e. The maximum absolute atomic E-state index is 12.9. The van der Waals surface area contributed by atoms with E-state index in [0.29, 0.717) is 6.54 Å². The molecule has 0 unspecified atom stereocenters. The number of esters is 1. The Kier molecular flexibility index (Phi) is 6.01. The lowest BCUT2D eigenvalue weighted by Crippen LogP contribution is -2.26. The molecule has 28 heavy (non-hydrogen) atoms. The Labute approximate surface area is 162 Å². The quantitative estimate of drug-likeness (QED) is 0.618. The molecule has 0 amide bonds. The van der Waals surface area contributed by atoms with Crippen molar-refractivity contribution in [3.8, 4) is 5.75 Å². The highest BCUT2D eigenvalue weighted by molar-refractivity contribution is 5.87. The molecule has 142 valence electrons. The molecule has 0 saturated heterocycles. The number of aromatic nitrogens is 2. The lowest BCUT2D eigenvalue weighted by molar-refractivity contribution is 0.0592. The van der Waals surface area contributed by atoms with Gasteiger partial charge in [0.1, 0.15) is 11.4 Å². The van der Waals surface area contributed by atoms with E-state index in [1.54, 1.807) is 19.3 Å². The van der Waals surface area contributed by atoms with Crippen LogP contribution < -0.4 is 10.3 Å². The van der Waals surface area contributed by atoms with Crippen LogP contribution in [0.2, 0.25) is 0 Å². The number of rotatable bonds is 6.